The standard InChI is InChI=1S/C21H15FN4O4/c1-12-10-14(4-8-17(12)22)21(27)23-15-5-2-13(3-6-15)20-24-18-9-7-16(26(29)30)11-19(18)25(20)28/h2-11,28H,1H3,(H,23,27). The fraction of sp³-hybridized carbons (Fsp3) is 0.0476. The average Bonchev–Trinajstić information content (AvgIpc) is 3.06. The Hall–Kier alpha value is -4.27. The fourth-order valence-corrected chi connectivity index (χ4v) is 3.04. The minimum atomic E-state index is -0.549. The number of anilines is 1. The summed E-state index contributed by atoms with van der Waals surface area (Å²) in [5.41, 5.74) is 2.22. The van der Waals surface area contributed by atoms with Crippen molar-refractivity contribution in [3.8, 4) is 11.4 Å². The van der Waals surface area contributed by atoms with Crippen LogP contribution in [0.4, 0.5) is 15.8 Å². The van der Waals surface area contributed by atoms with Gasteiger partial charge in [-0.05, 0) is 61.0 Å². The Balaban J connectivity index is 1.59. The normalized spacial score (nSPS) is 10.9. The van der Waals surface area contributed by atoms with Crippen LogP contribution in [-0.4, -0.2) is 25.8 Å². The van der Waals surface area contributed by atoms with Crippen LogP contribution in [0.5, 0.6) is 0 Å². The van der Waals surface area contributed by atoms with Gasteiger partial charge in [0.2, 0.25) is 0 Å². The number of rotatable bonds is 4. The molecule has 1 amide bonds. The van der Waals surface area contributed by atoms with Crippen LogP contribution >= 0.6 is 0 Å². The van der Waals surface area contributed by atoms with Crippen molar-refractivity contribution in [2.75, 3.05) is 5.32 Å². The van der Waals surface area contributed by atoms with Crippen molar-refractivity contribution in [3.05, 3.63) is 87.7 Å². The molecule has 0 atom stereocenters. The van der Waals surface area contributed by atoms with E-state index in [9.17, 15) is 24.5 Å². The van der Waals surface area contributed by atoms with Gasteiger partial charge in [0.15, 0.2) is 5.82 Å². The predicted octanol–water partition coefficient (Wildman–Crippen LogP) is 4.55. The number of nitro groups is 1. The second-order valence-corrected chi connectivity index (χ2v) is 6.67. The van der Waals surface area contributed by atoms with Crippen molar-refractivity contribution in [1.82, 2.24) is 9.71 Å². The third-order valence-electron chi connectivity index (χ3n) is 4.65. The smallest absolute Gasteiger partial charge is 0.271 e. The molecule has 3 aromatic carbocycles. The molecule has 0 spiro atoms. The quantitative estimate of drug-likeness (QED) is 0.293. The van der Waals surface area contributed by atoms with Gasteiger partial charge in [-0.2, -0.15) is 4.73 Å². The van der Waals surface area contributed by atoms with Crippen molar-refractivity contribution in [3.63, 3.8) is 0 Å². The highest BCUT2D eigenvalue weighted by Crippen LogP contribution is 2.27. The summed E-state index contributed by atoms with van der Waals surface area (Å²) in [7, 11) is 0. The highest BCUT2D eigenvalue weighted by molar-refractivity contribution is 6.04. The maximum atomic E-state index is 13.4. The van der Waals surface area contributed by atoms with Crippen LogP contribution in [0.2, 0.25) is 0 Å². The lowest BCUT2D eigenvalue weighted by molar-refractivity contribution is -0.384. The van der Waals surface area contributed by atoms with E-state index in [0.717, 1.165) is 4.73 Å². The molecule has 4 rings (SSSR count). The van der Waals surface area contributed by atoms with Gasteiger partial charge in [-0.15, -0.1) is 0 Å². The Labute approximate surface area is 169 Å². The van der Waals surface area contributed by atoms with Crippen molar-refractivity contribution >= 4 is 28.3 Å². The van der Waals surface area contributed by atoms with Gasteiger partial charge < -0.3 is 10.5 Å². The van der Waals surface area contributed by atoms with Gasteiger partial charge in [-0.3, -0.25) is 14.9 Å². The van der Waals surface area contributed by atoms with Gasteiger partial charge in [0.25, 0.3) is 11.6 Å². The van der Waals surface area contributed by atoms with Crippen molar-refractivity contribution < 1.29 is 19.3 Å². The van der Waals surface area contributed by atoms with E-state index in [4.69, 9.17) is 0 Å². The first-order valence-electron chi connectivity index (χ1n) is 8.87. The SMILES string of the molecule is Cc1cc(C(=O)Nc2ccc(-c3nc4ccc([N+](=O)[O-])cc4n3O)cc2)ccc1F. The molecule has 1 aromatic heterocycles. The topological polar surface area (TPSA) is 110 Å². The minimum absolute atomic E-state index is 0.154. The number of imidazole rings is 1. The molecule has 0 radical (unpaired) electrons. The Morgan fingerprint density at radius 1 is 1.13 bits per heavy atom. The van der Waals surface area contributed by atoms with Gasteiger partial charge in [0.05, 0.1) is 10.4 Å². The molecule has 0 unspecified atom stereocenters. The number of nitro benzene ring substituents is 1. The summed E-state index contributed by atoms with van der Waals surface area (Å²) in [6.07, 6.45) is 0. The first-order chi connectivity index (χ1) is 14.3. The van der Waals surface area contributed by atoms with E-state index in [2.05, 4.69) is 10.3 Å². The highest BCUT2D eigenvalue weighted by Gasteiger charge is 2.16. The van der Waals surface area contributed by atoms with Gasteiger partial charge >= 0.3 is 0 Å². The Morgan fingerprint density at radius 2 is 1.87 bits per heavy atom. The predicted molar refractivity (Wildman–Crippen MR) is 108 cm³/mol. The number of nitrogens with one attached hydrogen (secondary N) is 1. The van der Waals surface area contributed by atoms with Crippen LogP contribution in [0, 0.1) is 22.9 Å². The first-order valence-corrected chi connectivity index (χ1v) is 8.87. The molecule has 0 bridgehead atoms. The number of hydrogen-bond donors (Lipinski definition) is 2. The zero-order chi connectivity index (χ0) is 21.4. The first kappa shape index (κ1) is 19.1. The maximum Gasteiger partial charge on any atom is 0.271 e. The van der Waals surface area contributed by atoms with Gasteiger partial charge in [-0.1, -0.05) is 0 Å². The van der Waals surface area contributed by atoms with Gasteiger partial charge in [0, 0.05) is 28.9 Å². The van der Waals surface area contributed by atoms with E-state index < -0.39 is 4.92 Å². The summed E-state index contributed by atoms with van der Waals surface area (Å²) in [4.78, 5) is 27.0. The average molecular weight is 406 g/mol. The van der Waals surface area contributed by atoms with E-state index in [1.54, 1.807) is 31.2 Å². The van der Waals surface area contributed by atoms with Crippen molar-refractivity contribution in [2.24, 2.45) is 0 Å². The van der Waals surface area contributed by atoms with Crippen LogP contribution in [0.25, 0.3) is 22.4 Å². The molecule has 4 aromatic rings. The summed E-state index contributed by atoms with van der Waals surface area (Å²) in [5, 5.41) is 24.0. The third-order valence-corrected chi connectivity index (χ3v) is 4.65. The molecule has 0 saturated carbocycles. The summed E-state index contributed by atoms with van der Waals surface area (Å²) >= 11 is 0. The van der Waals surface area contributed by atoms with Crippen molar-refractivity contribution in [1.29, 1.82) is 0 Å². The lowest BCUT2D eigenvalue weighted by atomic mass is 10.1. The number of hydrogen-bond acceptors (Lipinski definition) is 5. The largest absolute Gasteiger partial charge is 0.426 e. The maximum absolute atomic E-state index is 13.4. The Morgan fingerprint density at radius 3 is 2.53 bits per heavy atom. The van der Waals surface area contributed by atoms with E-state index >= 15 is 0 Å². The number of nitrogens with zero attached hydrogens (tertiary/aromatic N) is 3. The molecular formula is C21H15FN4O4. The summed E-state index contributed by atoms with van der Waals surface area (Å²) in [6.45, 7) is 1.58. The molecule has 8 nitrogen and oxygen atoms in total. The molecule has 1 heterocycles. The summed E-state index contributed by atoms with van der Waals surface area (Å²) < 4.78 is 14.2. The summed E-state index contributed by atoms with van der Waals surface area (Å²) in [6, 6.07) is 14.7. The minimum Gasteiger partial charge on any atom is -0.426 e. The van der Waals surface area contributed by atoms with Gasteiger partial charge in [-0.25, -0.2) is 9.37 Å². The number of aromatic nitrogens is 2. The number of amides is 1. The number of benzene rings is 3. The van der Waals surface area contributed by atoms with E-state index in [1.807, 2.05) is 0 Å². The van der Waals surface area contributed by atoms with Crippen LogP contribution in [0.3, 0.4) is 0 Å². The second kappa shape index (κ2) is 7.28. The monoisotopic (exact) mass is 406 g/mol. The third kappa shape index (κ3) is 3.44. The van der Waals surface area contributed by atoms with Crippen LogP contribution in [0.1, 0.15) is 15.9 Å². The number of fused-ring (bicyclic) bond motifs is 1. The molecule has 30 heavy (non-hydrogen) atoms. The molecule has 0 aliphatic carbocycles. The molecule has 0 aliphatic rings. The molecule has 9 heteroatoms. The molecule has 0 fully saturated rings. The molecular weight excluding hydrogens is 391 g/mol. The van der Waals surface area contributed by atoms with Crippen LogP contribution in [0.15, 0.2) is 60.7 Å². The number of non-ortho nitro benzene ring substituents is 1. The van der Waals surface area contributed by atoms with Gasteiger partial charge in [0.1, 0.15) is 11.3 Å². The highest BCUT2D eigenvalue weighted by atomic mass is 19.1. The zero-order valence-corrected chi connectivity index (χ0v) is 15.7. The fourth-order valence-electron chi connectivity index (χ4n) is 3.04. The van der Waals surface area contributed by atoms with Crippen LogP contribution < -0.4 is 5.32 Å². The summed E-state index contributed by atoms with van der Waals surface area (Å²) in [5.74, 6) is -0.557. The lowest BCUT2D eigenvalue weighted by Gasteiger charge is -2.07. The Kier molecular flexibility index (Phi) is 4.63. The van der Waals surface area contributed by atoms with E-state index in [0.29, 0.717) is 27.9 Å². The Bertz CT molecular complexity index is 1300. The lowest BCUT2D eigenvalue weighted by Crippen LogP contribution is -2.12. The van der Waals surface area contributed by atoms with E-state index in [1.165, 1.54) is 36.4 Å². The number of carbonyl (C=O) groups is 1. The molecule has 0 aliphatic heterocycles. The van der Waals surface area contributed by atoms with E-state index in [-0.39, 0.29) is 28.8 Å². The molecule has 150 valence electrons. The molecule has 2 N–H and O–H groups in total. The molecule has 0 saturated heterocycles. The number of halogens is 1. The van der Waals surface area contributed by atoms with Crippen LogP contribution in [-0.2, 0) is 0 Å². The number of carbonyl (C=O) groups excluding carboxylic acids is 1. The number of aryl methyl sites for hydroxylation is 1. The van der Waals surface area contributed by atoms with Crippen molar-refractivity contribution in [2.45, 2.75) is 6.92 Å². The zero-order valence-electron chi connectivity index (χ0n) is 15.7. The second-order valence-electron chi connectivity index (χ2n) is 6.67.